The van der Waals surface area contributed by atoms with Crippen molar-refractivity contribution in [3.05, 3.63) is 30.1 Å². The molecule has 2 fully saturated rings. The lowest BCUT2D eigenvalue weighted by Gasteiger charge is -2.42. The van der Waals surface area contributed by atoms with Crippen molar-refractivity contribution in [2.45, 2.75) is 57.5 Å². The molecule has 1 spiro atoms. The molecule has 2 aliphatic heterocycles. The van der Waals surface area contributed by atoms with Crippen LogP contribution in [0, 0.1) is 0 Å². The minimum Gasteiger partial charge on any atom is -0.312 e. The topological polar surface area (TPSA) is 56.8 Å². The normalized spacial score (nSPS) is 21.7. The lowest BCUT2D eigenvalue weighted by atomic mass is 9.85. The lowest BCUT2D eigenvalue weighted by Crippen LogP contribution is -2.56. The Morgan fingerprint density at radius 2 is 1.85 bits per heavy atom. The number of hydrogen-bond acceptors (Lipinski definition) is 4. The molecule has 0 radical (unpaired) electrons. The number of pyridine rings is 1. The summed E-state index contributed by atoms with van der Waals surface area (Å²) in [4.78, 5) is 35.5. The molecule has 3 rings (SSSR count). The lowest BCUT2D eigenvalue weighted by molar-refractivity contribution is -0.135. The van der Waals surface area contributed by atoms with Crippen molar-refractivity contribution in [3.63, 3.8) is 0 Å². The Labute approximate surface area is 156 Å². The fourth-order valence-corrected chi connectivity index (χ4v) is 4.18. The van der Waals surface area contributed by atoms with Crippen LogP contribution in [0.4, 0.5) is 4.79 Å². The van der Waals surface area contributed by atoms with E-state index in [-0.39, 0.29) is 11.9 Å². The second-order valence-electron chi connectivity index (χ2n) is 7.58. The van der Waals surface area contributed by atoms with Crippen LogP contribution >= 0.6 is 0 Å². The van der Waals surface area contributed by atoms with E-state index in [2.05, 4.69) is 23.7 Å². The van der Waals surface area contributed by atoms with Gasteiger partial charge in [-0.3, -0.25) is 14.7 Å². The second-order valence-corrected chi connectivity index (χ2v) is 7.58. The summed E-state index contributed by atoms with van der Waals surface area (Å²) in [6.45, 7) is 6.66. The molecule has 3 heterocycles. The Hall–Kier alpha value is -1.95. The molecule has 26 heavy (non-hydrogen) atoms. The SMILES string of the molecule is CCC(C)N1CCC2(CC1)C(=O)N(CCCc1ccncc1)C(=O)N2C. The highest BCUT2D eigenvalue weighted by Gasteiger charge is 2.56. The predicted molar refractivity (Wildman–Crippen MR) is 101 cm³/mol. The highest BCUT2D eigenvalue weighted by Crippen LogP contribution is 2.36. The molecule has 1 aromatic heterocycles. The zero-order chi connectivity index (χ0) is 18.7. The van der Waals surface area contributed by atoms with Gasteiger partial charge in [0.25, 0.3) is 5.91 Å². The van der Waals surface area contributed by atoms with Crippen molar-refractivity contribution in [2.24, 2.45) is 0 Å². The van der Waals surface area contributed by atoms with Crippen LogP contribution in [-0.4, -0.2) is 69.9 Å². The molecular weight excluding hydrogens is 328 g/mol. The van der Waals surface area contributed by atoms with Crippen LogP contribution in [0.15, 0.2) is 24.5 Å². The number of carbonyl (C=O) groups excluding carboxylic acids is 2. The Kier molecular flexibility index (Phi) is 5.61. The Bertz CT molecular complexity index is 640. The third-order valence-electron chi connectivity index (χ3n) is 6.24. The maximum absolute atomic E-state index is 13.1. The molecule has 2 aliphatic rings. The molecule has 1 unspecified atom stereocenters. The fourth-order valence-electron chi connectivity index (χ4n) is 4.18. The smallest absolute Gasteiger partial charge is 0.312 e. The number of urea groups is 1. The van der Waals surface area contributed by atoms with Crippen molar-refractivity contribution >= 4 is 11.9 Å². The summed E-state index contributed by atoms with van der Waals surface area (Å²) in [5, 5.41) is 0. The first-order chi connectivity index (χ1) is 12.5. The molecule has 142 valence electrons. The molecule has 1 atom stereocenters. The van der Waals surface area contributed by atoms with Crippen molar-refractivity contribution in [3.8, 4) is 0 Å². The number of piperidine rings is 1. The van der Waals surface area contributed by atoms with E-state index in [4.69, 9.17) is 0 Å². The summed E-state index contributed by atoms with van der Waals surface area (Å²) in [5.41, 5.74) is 0.557. The third-order valence-corrected chi connectivity index (χ3v) is 6.24. The summed E-state index contributed by atoms with van der Waals surface area (Å²) in [6, 6.07) is 4.35. The molecule has 0 aromatic carbocycles. The summed E-state index contributed by atoms with van der Waals surface area (Å²) < 4.78 is 0. The van der Waals surface area contributed by atoms with Gasteiger partial charge in [-0.05, 0) is 56.7 Å². The van der Waals surface area contributed by atoms with Gasteiger partial charge in [0.2, 0.25) is 0 Å². The van der Waals surface area contributed by atoms with Crippen molar-refractivity contribution in [1.29, 1.82) is 0 Å². The Balaban J connectivity index is 1.62. The average Bonchev–Trinajstić information content (AvgIpc) is 2.85. The highest BCUT2D eigenvalue weighted by atomic mass is 16.2. The number of imide groups is 1. The monoisotopic (exact) mass is 358 g/mol. The van der Waals surface area contributed by atoms with Gasteiger partial charge in [0.15, 0.2) is 0 Å². The summed E-state index contributed by atoms with van der Waals surface area (Å²) in [7, 11) is 1.79. The van der Waals surface area contributed by atoms with Crippen molar-refractivity contribution in [1.82, 2.24) is 19.7 Å². The van der Waals surface area contributed by atoms with Crippen LogP contribution < -0.4 is 0 Å². The van der Waals surface area contributed by atoms with E-state index in [1.165, 1.54) is 10.5 Å². The number of rotatable bonds is 6. The average molecular weight is 358 g/mol. The number of hydrogen-bond donors (Lipinski definition) is 0. The second kappa shape index (κ2) is 7.74. The maximum atomic E-state index is 13.1. The van der Waals surface area contributed by atoms with Gasteiger partial charge < -0.3 is 9.80 Å². The number of nitrogens with zero attached hydrogens (tertiary/aromatic N) is 4. The molecule has 0 saturated carbocycles. The number of aryl methyl sites for hydroxylation is 1. The Morgan fingerprint density at radius 3 is 2.46 bits per heavy atom. The van der Waals surface area contributed by atoms with Gasteiger partial charge in [0.1, 0.15) is 5.54 Å². The number of amides is 3. The minimum absolute atomic E-state index is 0.00327. The fraction of sp³-hybridized carbons (Fsp3) is 0.650. The van der Waals surface area contributed by atoms with E-state index in [0.29, 0.717) is 12.6 Å². The zero-order valence-electron chi connectivity index (χ0n) is 16.1. The van der Waals surface area contributed by atoms with Crippen LogP contribution in [0.2, 0.25) is 0 Å². The number of likely N-dealkylation sites (tertiary alicyclic amines) is 1. The first kappa shape index (κ1) is 18.8. The molecule has 6 heteroatoms. The van der Waals surface area contributed by atoms with Gasteiger partial charge in [0, 0.05) is 45.1 Å². The highest BCUT2D eigenvalue weighted by molar-refractivity contribution is 6.07. The van der Waals surface area contributed by atoms with Crippen molar-refractivity contribution < 1.29 is 9.59 Å². The van der Waals surface area contributed by atoms with E-state index >= 15 is 0 Å². The van der Waals surface area contributed by atoms with Gasteiger partial charge in [-0.15, -0.1) is 0 Å². The van der Waals surface area contributed by atoms with Crippen LogP contribution in [-0.2, 0) is 11.2 Å². The molecular formula is C20H30N4O2. The predicted octanol–water partition coefficient (Wildman–Crippen LogP) is 2.54. The number of aromatic nitrogens is 1. The largest absolute Gasteiger partial charge is 0.327 e. The molecule has 3 amide bonds. The van der Waals surface area contributed by atoms with Crippen molar-refractivity contribution in [2.75, 3.05) is 26.7 Å². The Morgan fingerprint density at radius 1 is 1.19 bits per heavy atom. The summed E-state index contributed by atoms with van der Waals surface area (Å²) in [6.07, 6.45) is 7.75. The molecule has 1 aromatic rings. The van der Waals surface area contributed by atoms with Gasteiger partial charge in [-0.25, -0.2) is 4.79 Å². The summed E-state index contributed by atoms with van der Waals surface area (Å²) in [5.74, 6) is 0.00327. The van der Waals surface area contributed by atoms with E-state index in [1.54, 1.807) is 24.3 Å². The van der Waals surface area contributed by atoms with Crippen LogP contribution in [0.1, 0.15) is 45.1 Å². The van der Waals surface area contributed by atoms with Gasteiger partial charge in [0.05, 0.1) is 0 Å². The molecule has 0 N–H and O–H groups in total. The molecule has 2 saturated heterocycles. The van der Waals surface area contributed by atoms with Gasteiger partial charge in [-0.2, -0.15) is 0 Å². The first-order valence-corrected chi connectivity index (χ1v) is 9.72. The zero-order valence-corrected chi connectivity index (χ0v) is 16.1. The third kappa shape index (κ3) is 3.34. The number of carbonyl (C=O) groups is 2. The van der Waals surface area contributed by atoms with Crippen LogP contribution in [0.5, 0.6) is 0 Å². The quantitative estimate of drug-likeness (QED) is 0.734. The first-order valence-electron chi connectivity index (χ1n) is 9.72. The van der Waals surface area contributed by atoms with E-state index in [0.717, 1.165) is 45.2 Å². The summed E-state index contributed by atoms with van der Waals surface area (Å²) >= 11 is 0. The van der Waals surface area contributed by atoms with E-state index < -0.39 is 5.54 Å². The molecule has 0 aliphatic carbocycles. The molecule has 0 bridgehead atoms. The maximum Gasteiger partial charge on any atom is 0.327 e. The number of likely N-dealkylation sites (N-methyl/N-ethyl adjacent to an activating group) is 1. The van der Waals surface area contributed by atoms with E-state index in [9.17, 15) is 9.59 Å². The minimum atomic E-state index is -0.627. The van der Waals surface area contributed by atoms with Crippen LogP contribution in [0.25, 0.3) is 0 Å². The molecule has 6 nitrogen and oxygen atoms in total. The van der Waals surface area contributed by atoms with Gasteiger partial charge >= 0.3 is 6.03 Å². The van der Waals surface area contributed by atoms with E-state index in [1.807, 2.05) is 12.1 Å². The van der Waals surface area contributed by atoms with Crippen LogP contribution in [0.3, 0.4) is 0 Å². The standard InChI is InChI=1S/C20H30N4O2/c1-4-16(2)23-14-9-20(10-15-23)18(25)24(19(26)22(20)3)13-5-6-17-7-11-21-12-8-17/h7-8,11-12,16H,4-6,9-10,13-15H2,1-3H3. The van der Waals surface area contributed by atoms with Gasteiger partial charge in [-0.1, -0.05) is 6.92 Å².